The summed E-state index contributed by atoms with van der Waals surface area (Å²) in [4.78, 5) is 33.9. The minimum atomic E-state index is -3.02. The molecule has 2 fully saturated rings. The molecule has 2 amide bonds. The predicted octanol–water partition coefficient (Wildman–Crippen LogP) is 5.37. The lowest BCUT2D eigenvalue weighted by Crippen LogP contribution is -2.55. The average molecular weight is 603 g/mol. The number of halogens is 3. The lowest BCUT2D eigenvalue weighted by molar-refractivity contribution is -0.0515. The molecule has 0 radical (unpaired) electrons. The van der Waals surface area contributed by atoms with Crippen molar-refractivity contribution >= 4 is 12.0 Å². The summed E-state index contributed by atoms with van der Waals surface area (Å²) in [6, 6.07) is 8.95. The van der Waals surface area contributed by atoms with E-state index in [9.17, 15) is 22.8 Å². The van der Waals surface area contributed by atoms with Crippen LogP contribution >= 0.6 is 0 Å². The molecule has 0 unspecified atom stereocenters. The molecule has 2 N–H and O–H groups in total. The average Bonchev–Trinajstić information content (AvgIpc) is 3.70. The molecule has 1 aliphatic heterocycles. The zero-order chi connectivity index (χ0) is 30.7. The van der Waals surface area contributed by atoms with E-state index in [0.717, 1.165) is 12.8 Å². The van der Waals surface area contributed by atoms with Gasteiger partial charge >= 0.3 is 12.7 Å². The molecule has 0 bridgehead atoms. The summed E-state index contributed by atoms with van der Waals surface area (Å²) in [6.07, 6.45) is 1.48. The van der Waals surface area contributed by atoms with Crippen molar-refractivity contribution in [1.29, 1.82) is 0 Å². The van der Waals surface area contributed by atoms with Gasteiger partial charge in [0.2, 0.25) is 5.89 Å². The highest BCUT2D eigenvalue weighted by Crippen LogP contribution is 2.37. The van der Waals surface area contributed by atoms with E-state index in [0.29, 0.717) is 23.7 Å². The maximum atomic E-state index is 13.6. The summed E-state index contributed by atoms with van der Waals surface area (Å²) in [7, 11) is 0. The van der Waals surface area contributed by atoms with Crippen LogP contribution in [0.4, 0.5) is 18.0 Å². The van der Waals surface area contributed by atoms with Gasteiger partial charge in [-0.25, -0.2) is 14.2 Å². The number of carbonyl (C=O) groups is 2. The van der Waals surface area contributed by atoms with Gasteiger partial charge in [0, 0.05) is 31.2 Å². The third-order valence-corrected chi connectivity index (χ3v) is 7.27. The molecule has 2 atom stereocenters. The fourth-order valence-electron chi connectivity index (χ4n) is 4.73. The van der Waals surface area contributed by atoms with Crippen LogP contribution in [-0.2, 0) is 11.3 Å². The summed E-state index contributed by atoms with van der Waals surface area (Å²) >= 11 is 0. The van der Waals surface area contributed by atoms with Crippen molar-refractivity contribution in [1.82, 2.24) is 14.8 Å². The van der Waals surface area contributed by atoms with Crippen LogP contribution in [-0.4, -0.2) is 65.7 Å². The van der Waals surface area contributed by atoms with Gasteiger partial charge in [-0.1, -0.05) is 12.1 Å². The number of amides is 2. The van der Waals surface area contributed by atoms with Gasteiger partial charge in [-0.3, -0.25) is 4.79 Å². The van der Waals surface area contributed by atoms with Crippen molar-refractivity contribution in [3.63, 3.8) is 0 Å². The second kappa shape index (κ2) is 12.9. The highest BCUT2D eigenvalue weighted by molar-refractivity contribution is 5.94. The van der Waals surface area contributed by atoms with Crippen LogP contribution in [0.2, 0.25) is 0 Å². The van der Waals surface area contributed by atoms with Gasteiger partial charge in [0.25, 0.3) is 5.91 Å². The van der Waals surface area contributed by atoms with Crippen molar-refractivity contribution in [3.05, 3.63) is 65.3 Å². The molecule has 13 heteroatoms. The van der Waals surface area contributed by atoms with Crippen LogP contribution in [0.1, 0.15) is 54.5 Å². The van der Waals surface area contributed by atoms with E-state index in [1.165, 1.54) is 35.2 Å². The Balaban J connectivity index is 1.28. The summed E-state index contributed by atoms with van der Waals surface area (Å²) in [5.74, 6) is -0.175. The lowest BCUT2D eigenvalue weighted by atomic mass is 10.1. The molecule has 230 valence electrons. The van der Waals surface area contributed by atoms with E-state index in [-0.39, 0.29) is 66.9 Å². The molecule has 43 heavy (non-hydrogen) atoms. The Hall–Kier alpha value is -4.26. The Morgan fingerprint density at radius 3 is 2.51 bits per heavy atom. The maximum absolute atomic E-state index is 13.6. The van der Waals surface area contributed by atoms with Crippen LogP contribution in [0, 0.1) is 11.7 Å². The number of piperazine rings is 1. The number of hydrogen-bond donors (Lipinski definition) is 1. The van der Waals surface area contributed by atoms with Crippen LogP contribution in [0.25, 0.3) is 11.5 Å². The number of alkyl halides is 2. The van der Waals surface area contributed by atoms with Crippen molar-refractivity contribution in [2.24, 2.45) is 11.7 Å². The van der Waals surface area contributed by atoms with Crippen LogP contribution < -0.4 is 15.2 Å². The molecular formula is C30H33F3N4O6. The van der Waals surface area contributed by atoms with E-state index in [4.69, 9.17) is 19.6 Å². The summed E-state index contributed by atoms with van der Waals surface area (Å²) in [5.41, 5.74) is 7.20. The van der Waals surface area contributed by atoms with Gasteiger partial charge in [-0.05, 0) is 68.5 Å². The molecule has 2 aromatic carbocycles. The van der Waals surface area contributed by atoms with Crippen molar-refractivity contribution < 1.29 is 41.4 Å². The molecule has 2 aliphatic rings. The molecule has 0 spiro atoms. The number of nitrogens with zero attached hydrogens (tertiary/aromatic N) is 3. The smallest absolute Gasteiger partial charge is 0.410 e. The Morgan fingerprint density at radius 2 is 1.86 bits per heavy atom. The molecule has 2 heterocycles. The van der Waals surface area contributed by atoms with Crippen LogP contribution in [0.5, 0.6) is 11.5 Å². The normalized spacial score (nSPS) is 17.6. The Labute approximate surface area is 246 Å². The highest BCUT2D eigenvalue weighted by atomic mass is 19.3. The number of aromatic nitrogens is 1. The summed E-state index contributed by atoms with van der Waals surface area (Å²) in [6.45, 7) is 1.44. The summed E-state index contributed by atoms with van der Waals surface area (Å²) in [5, 5.41) is 0. The second-order valence-corrected chi connectivity index (χ2v) is 10.8. The molecule has 5 rings (SSSR count). The minimum absolute atomic E-state index is 0.00692. The van der Waals surface area contributed by atoms with E-state index in [2.05, 4.69) is 9.72 Å². The van der Waals surface area contributed by atoms with Crippen LogP contribution in [0.15, 0.2) is 46.9 Å². The SMILES string of the molecule is C[C@H](N)c1oc(-c2ccc(OC(F)F)c(OCC3CC3)c2)nc1C(=O)N1CCN(C(=O)OCc2ccc(F)cc2)[C@H](C)C1. The minimum Gasteiger partial charge on any atom is -0.489 e. The first-order valence-electron chi connectivity index (χ1n) is 14.0. The molecule has 10 nitrogen and oxygen atoms in total. The molecule has 3 aromatic rings. The second-order valence-electron chi connectivity index (χ2n) is 10.8. The first-order chi connectivity index (χ1) is 20.6. The summed E-state index contributed by atoms with van der Waals surface area (Å²) < 4.78 is 60.7. The molecule has 1 saturated carbocycles. The molecule has 1 saturated heterocycles. The molecular weight excluding hydrogens is 569 g/mol. The first-order valence-corrected chi connectivity index (χ1v) is 14.0. The fourth-order valence-corrected chi connectivity index (χ4v) is 4.73. The Bertz CT molecular complexity index is 1440. The van der Waals surface area contributed by atoms with Gasteiger partial charge in [-0.15, -0.1) is 0 Å². The Morgan fingerprint density at radius 1 is 1.12 bits per heavy atom. The Kier molecular flexibility index (Phi) is 9.09. The lowest BCUT2D eigenvalue weighted by Gasteiger charge is -2.38. The van der Waals surface area contributed by atoms with Gasteiger partial charge in [0.1, 0.15) is 12.4 Å². The van der Waals surface area contributed by atoms with Gasteiger partial charge in [0.05, 0.1) is 12.6 Å². The fraction of sp³-hybridized carbons (Fsp3) is 0.433. The topological polar surface area (TPSA) is 120 Å². The molecule has 1 aliphatic carbocycles. The standard InChI is InChI=1S/C30H33F3N4O6/c1-17-14-36(11-12-37(17)30(39)41-16-20-5-8-22(31)9-6-20)28(38)25-26(18(2)34)43-27(35-25)21-7-10-23(42-29(32)33)24(13-21)40-15-19-3-4-19/h5-10,13,17-19,29H,3-4,11-12,14-16,34H2,1-2H3/t17-,18+/m1/s1. The third-order valence-electron chi connectivity index (χ3n) is 7.27. The number of oxazole rings is 1. The van der Waals surface area contributed by atoms with Crippen LogP contribution in [0.3, 0.4) is 0 Å². The predicted molar refractivity (Wildman–Crippen MR) is 148 cm³/mol. The monoisotopic (exact) mass is 602 g/mol. The largest absolute Gasteiger partial charge is 0.489 e. The number of carbonyl (C=O) groups excluding carboxylic acids is 2. The van der Waals surface area contributed by atoms with Crippen molar-refractivity contribution in [2.75, 3.05) is 26.2 Å². The number of hydrogen-bond acceptors (Lipinski definition) is 8. The highest BCUT2D eigenvalue weighted by Gasteiger charge is 2.34. The zero-order valence-corrected chi connectivity index (χ0v) is 23.8. The molecule has 1 aromatic heterocycles. The van der Waals surface area contributed by atoms with E-state index in [1.54, 1.807) is 30.9 Å². The number of rotatable bonds is 10. The number of nitrogens with two attached hydrogens (primary N) is 1. The van der Waals surface area contributed by atoms with Gasteiger partial charge < -0.3 is 34.2 Å². The third kappa shape index (κ3) is 7.39. The number of ether oxygens (including phenoxy) is 3. The zero-order valence-electron chi connectivity index (χ0n) is 23.8. The van der Waals surface area contributed by atoms with E-state index >= 15 is 0 Å². The van der Waals surface area contributed by atoms with E-state index in [1.807, 2.05) is 0 Å². The number of benzene rings is 2. The van der Waals surface area contributed by atoms with Crippen molar-refractivity contribution in [2.45, 2.75) is 52.0 Å². The van der Waals surface area contributed by atoms with E-state index < -0.39 is 24.7 Å². The van der Waals surface area contributed by atoms with Crippen molar-refractivity contribution in [3.8, 4) is 23.0 Å². The maximum Gasteiger partial charge on any atom is 0.410 e. The van der Waals surface area contributed by atoms with Gasteiger partial charge in [0.15, 0.2) is 23.0 Å². The van der Waals surface area contributed by atoms with Gasteiger partial charge in [-0.2, -0.15) is 8.78 Å². The quantitative estimate of drug-likeness (QED) is 0.329. The first kappa shape index (κ1) is 30.2.